The van der Waals surface area contributed by atoms with Gasteiger partial charge in [-0.2, -0.15) is 0 Å². The fraction of sp³-hybridized carbons (Fsp3) is 0.667. The first kappa shape index (κ1) is 60.9. The van der Waals surface area contributed by atoms with E-state index in [2.05, 4.69) is 171 Å². The van der Waals surface area contributed by atoms with Gasteiger partial charge in [-0.25, -0.2) is 0 Å². The Kier molecular flexibility index (Phi) is 21.3. The first-order valence-corrected chi connectivity index (χ1v) is 26.1. The number of benzene rings is 3. The maximum absolute atomic E-state index is 7.46. The summed E-state index contributed by atoms with van der Waals surface area (Å²) in [5.74, 6) is 0. The molecule has 4 bridgehead atoms. The van der Waals surface area contributed by atoms with Crippen molar-refractivity contribution >= 4 is 5.71 Å². The molecule has 0 spiro atoms. The predicted molar refractivity (Wildman–Crippen MR) is 302 cm³/mol. The predicted octanol–water partition coefficient (Wildman–Crippen LogP) is 16.1. The molecular weight excluding hydrogens is 827 g/mol. The number of hydrogen-bond acceptors (Lipinski definition) is 5. The molecule has 0 heterocycles. The van der Waals surface area contributed by atoms with Gasteiger partial charge in [0.05, 0.1) is 0 Å². The summed E-state index contributed by atoms with van der Waals surface area (Å²) in [6, 6.07) is 25.3. The average molecular weight is 935 g/mol. The largest absolute Gasteiger partial charge is 0.402 e. The van der Waals surface area contributed by atoms with E-state index in [0.717, 1.165) is 25.1 Å². The normalized spacial score (nSPS) is 24.2. The lowest BCUT2D eigenvalue weighted by Crippen LogP contribution is -2.50. The van der Waals surface area contributed by atoms with Crippen LogP contribution < -0.4 is 22.9 Å². The van der Waals surface area contributed by atoms with E-state index < -0.39 is 0 Å². The second-order valence-electron chi connectivity index (χ2n) is 26.9. The molecule has 5 nitrogen and oxygen atoms in total. The molecule has 6 fully saturated rings. The number of fused-ring (bicyclic) bond motifs is 6. The maximum Gasteiger partial charge on any atom is 0.0355 e. The molecule has 0 aliphatic heterocycles. The summed E-state index contributed by atoms with van der Waals surface area (Å²) in [5, 5.41) is 7.46. The van der Waals surface area contributed by atoms with Crippen LogP contribution in [0.2, 0.25) is 0 Å². The van der Waals surface area contributed by atoms with Gasteiger partial charge < -0.3 is 28.3 Å². The molecule has 68 heavy (non-hydrogen) atoms. The number of allylic oxidation sites excluding steroid dienone is 1. The van der Waals surface area contributed by atoms with E-state index in [0.29, 0.717) is 50.4 Å². The van der Waals surface area contributed by atoms with Crippen molar-refractivity contribution in [3.8, 4) is 0 Å². The number of hydrogen-bond donors (Lipinski definition) is 5. The van der Waals surface area contributed by atoms with Crippen LogP contribution in [0, 0.1) is 37.9 Å². The van der Waals surface area contributed by atoms with Crippen molar-refractivity contribution in [2.24, 2.45) is 55.4 Å². The van der Waals surface area contributed by atoms with Gasteiger partial charge in [-0.15, -0.1) is 0 Å². The lowest BCUT2D eigenvalue weighted by atomic mass is 9.47. The molecule has 0 aromatic heterocycles. The minimum atomic E-state index is 0. The molecule has 384 valence electrons. The lowest BCUT2D eigenvalue weighted by molar-refractivity contribution is -0.0727. The molecule has 3 aromatic rings. The summed E-state index contributed by atoms with van der Waals surface area (Å²) < 4.78 is 0. The fourth-order valence-electron chi connectivity index (χ4n) is 11.1. The van der Waals surface area contributed by atoms with Crippen LogP contribution in [0.3, 0.4) is 0 Å². The second-order valence-corrected chi connectivity index (χ2v) is 26.9. The Hall–Kier alpha value is -3.25. The second kappa shape index (κ2) is 23.8. The van der Waals surface area contributed by atoms with Crippen LogP contribution in [-0.2, 0) is 29.2 Å². The Morgan fingerprint density at radius 3 is 0.941 bits per heavy atom. The Morgan fingerprint density at radius 1 is 0.471 bits per heavy atom. The quantitative estimate of drug-likeness (QED) is 0.158. The Morgan fingerprint density at radius 2 is 0.735 bits per heavy atom. The summed E-state index contributed by atoms with van der Waals surface area (Å²) in [6.45, 7) is 42.4. The van der Waals surface area contributed by atoms with Crippen LogP contribution in [0.1, 0.15) is 229 Å². The molecule has 9 rings (SSSR count). The van der Waals surface area contributed by atoms with Gasteiger partial charge in [0.15, 0.2) is 0 Å². The van der Waals surface area contributed by atoms with Crippen LogP contribution >= 0.6 is 0 Å². The highest BCUT2D eigenvalue weighted by Gasteiger charge is 2.53. The third-order valence-electron chi connectivity index (χ3n) is 17.3. The molecular formula is C63H107N5. The number of nitrogens with one attached hydrogen (secondary N) is 1. The first-order chi connectivity index (χ1) is 30.7. The Balaban J connectivity index is 0.000000291. The highest BCUT2D eigenvalue weighted by atomic mass is 14.7. The molecule has 9 N–H and O–H groups in total. The summed E-state index contributed by atoms with van der Waals surface area (Å²) in [7, 11) is 0. The Bertz CT molecular complexity index is 1880. The smallest absolute Gasteiger partial charge is 0.0355 e. The number of rotatable bonds is 6. The maximum atomic E-state index is 7.46. The molecule has 0 saturated heterocycles. The first-order valence-electron chi connectivity index (χ1n) is 26.1. The van der Waals surface area contributed by atoms with Crippen molar-refractivity contribution in [3.63, 3.8) is 0 Å². The minimum Gasteiger partial charge on any atom is -0.402 e. The zero-order chi connectivity index (χ0) is 50.9. The van der Waals surface area contributed by atoms with Crippen molar-refractivity contribution < 1.29 is 0 Å². The summed E-state index contributed by atoms with van der Waals surface area (Å²) in [6.07, 6.45) is 17.7. The topological polar surface area (TPSA) is 128 Å². The summed E-state index contributed by atoms with van der Waals surface area (Å²) >= 11 is 0. The van der Waals surface area contributed by atoms with E-state index in [1.807, 2.05) is 19.1 Å². The van der Waals surface area contributed by atoms with Gasteiger partial charge in [0.1, 0.15) is 0 Å². The van der Waals surface area contributed by atoms with Crippen molar-refractivity contribution in [1.82, 2.24) is 0 Å². The van der Waals surface area contributed by atoms with E-state index in [-0.39, 0.29) is 23.7 Å². The highest BCUT2D eigenvalue weighted by Crippen LogP contribution is 2.64. The summed E-state index contributed by atoms with van der Waals surface area (Å²) in [4.78, 5) is 0. The van der Waals surface area contributed by atoms with Crippen LogP contribution in [0.15, 0.2) is 85.1 Å². The van der Waals surface area contributed by atoms with Crippen LogP contribution in [0.4, 0.5) is 0 Å². The molecule has 5 heteroatoms. The monoisotopic (exact) mass is 934 g/mol. The van der Waals surface area contributed by atoms with E-state index in [1.165, 1.54) is 105 Å². The van der Waals surface area contributed by atoms with E-state index in [1.54, 1.807) is 0 Å². The van der Waals surface area contributed by atoms with Gasteiger partial charge in [0.2, 0.25) is 0 Å². The SMILES string of the molecule is C.C=C(N)Cc1ccc(C(C)(C)C)cc1.CC(=N)c1ccc(C(C)(C)C)cc1.CC(C)(C)C12CCC(CN)(CC1)CC2.CC(C)(C)C12CCC(CN)(CC1)CC2.CC(C)(C)c1ccc(CN)cc1. The van der Waals surface area contributed by atoms with Crippen LogP contribution in [-0.4, -0.2) is 18.8 Å². The van der Waals surface area contributed by atoms with E-state index >= 15 is 0 Å². The molecule has 6 saturated carbocycles. The lowest BCUT2D eigenvalue weighted by Gasteiger charge is -2.58. The van der Waals surface area contributed by atoms with Crippen molar-refractivity contribution in [2.45, 2.75) is 224 Å². The molecule has 0 amide bonds. The van der Waals surface area contributed by atoms with E-state index in [4.69, 9.17) is 28.3 Å². The van der Waals surface area contributed by atoms with Crippen LogP contribution in [0.25, 0.3) is 0 Å². The summed E-state index contributed by atoms with van der Waals surface area (Å²) in [5.41, 5.74) is 35.8. The van der Waals surface area contributed by atoms with Gasteiger partial charge in [-0.3, -0.25) is 0 Å². The van der Waals surface area contributed by atoms with Gasteiger partial charge >= 0.3 is 0 Å². The van der Waals surface area contributed by atoms with Gasteiger partial charge in [-0.05, 0) is 179 Å². The van der Waals surface area contributed by atoms with E-state index in [9.17, 15) is 0 Å². The number of nitrogens with two attached hydrogens (primary N) is 4. The fourth-order valence-corrected chi connectivity index (χ4v) is 11.1. The third-order valence-corrected chi connectivity index (χ3v) is 17.3. The third kappa shape index (κ3) is 16.4. The minimum absolute atomic E-state index is 0. The molecule has 3 aromatic carbocycles. The standard InChI is InChI=1S/2C13H25N.C13H19N.C12H17N.C11H17N.CH4/c2*1-11(2,3)13-7-4-12(10-14,5-8-13)6-9-13;1-10(14)9-11-5-7-12(8-6-11)13(2,3)4;1-9(13)10-5-7-11(8-6-10)12(2,3)4;1-11(2,3)10-6-4-9(8-12)5-7-10;/h2*4-10,14H2,1-3H3;5-8H,1,9,14H2,2-4H3;5-8,13H,1-4H3;4-7H,8,12H2,1-3H3;1H4. The zero-order valence-corrected chi connectivity index (χ0v) is 46.3. The molecule has 6 aliphatic rings. The van der Waals surface area contributed by atoms with Crippen molar-refractivity contribution in [2.75, 3.05) is 13.1 Å². The molecule has 0 atom stereocenters. The molecule has 0 unspecified atom stereocenters. The van der Waals surface area contributed by atoms with Gasteiger partial charge in [0.25, 0.3) is 0 Å². The van der Waals surface area contributed by atoms with Gasteiger partial charge in [0, 0.05) is 24.4 Å². The van der Waals surface area contributed by atoms with Crippen LogP contribution in [0.5, 0.6) is 0 Å². The Labute approximate surface area is 420 Å². The van der Waals surface area contributed by atoms with Crippen molar-refractivity contribution in [3.05, 3.63) is 118 Å². The zero-order valence-electron chi connectivity index (χ0n) is 46.3. The average Bonchev–Trinajstić information content (AvgIpc) is 3.27. The van der Waals surface area contributed by atoms with Gasteiger partial charge in [-0.1, -0.05) is 191 Å². The van der Waals surface area contributed by atoms with Crippen molar-refractivity contribution in [1.29, 1.82) is 5.41 Å². The molecule has 6 aliphatic carbocycles. The molecule has 0 radical (unpaired) electrons. The highest BCUT2D eigenvalue weighted by molar-refractivity contribution is 5.96.